The molecule has 5 nitrogen and oxygen atoms in total. The summed E-state index contributed by atoms with van der Waals surface area (Å²) in [7, 11) is -3.60. The standard InChI is InChI=1S/C16H17ClN2O3S/c1-12-4-2-3-5-15(12)19-16(20)10-18-23(21,22)11-13-6-8-14(17)9-7-13/h2-9,18H,10-11H2,1H3,(H,19,20). The molecular weight excluding hydrogens is 336 g/mol. The fraction of sp³-hybridized carbons (Fsp3) is 0.188. The monoisotopic (exact) mass is 352 g/mol. The number of rotatable bonds is 6. The third-order valence-electron chi connectivity index (χ3n) is 3.14. The zero-order chi connectivity index (χ0) is 16.9. The van der Waals surface area contributed by atoms with Gasteiger partial charge < -0.3 is 5.32 Å². The van der Waals surface area contributed by atoms with Crippen LogP contribution in [0.2, 0.25) is 5.02 Å². The Kier molecular flexibility index (Phi) is 5.76. The number of hydrogen-bond donors (Lipinski definition) is 2. The molecule has 0 unspecified atom stereocenters. The van der Waals surface area contributed by atoms with Crippen LogP contribution in [0, 0.1) is 6.92 Å². The van der Waals surface area contributed by atoms with Crippen molar-refractivity contribution < 1.29 is 13.2 Å². The molecular formula is C16H17ClN2O3S. The first-order valence-corrected chi connectivity index (χ1v) is 8.96. The van der Waals surface area contributed by atoms with Crippen LogP contribution in [-0.2, 0) is 20.6 Å². The van der Waals surface area contributed by atoms with Gasteiger partial charge in [0.25, 0.3) is 0 Å². The summed E-state index contributed by atoms with van der Waals surface area (Å²) in [6.07, 6.45) is 0. The Labute approximate surface area is 140 Å². The van der Waals surface area contributed by atoms with E-state index in [0.29, 0.717) is 16.3 Å². The van der Waals surface area contributed by atoms with Crippen LogP contribution in [-0.4, -0.2) is 20.9 Å². The van der Waals surface area contributed by atoms with Gasteiger partial charge in [-0.25, -0.2) is 13.1 Å². The van der Waals surface area contributed by atoms with E-state index in [4.69, 9.17) is 11.6 Å². The number of benzene rings is 2. The van der Waals surface area contributed by atoms with Gasteiger partial charge in [0.1, 0.15) is 0 Å². The van der Waals surface area contributed by atoms with E-state index < -0.39 is 15.9 Å². The van der Waals surface area contributed by atoms with Gasteiger partial charge >= 0.3 is 0 Å². The second-order valence-corrected chi connectivity index (χ2v) is 7.31. The number of aryl methyl sites for hydroxylation is 1. The van der Waals surface area contributed by atoms with Crippen LogP contribution in [0.15, 0.2) is 48.5 Å². The van der Waals surface area contributed by atoms with E-state index >= 15 is 0 Å². The van der Waals surface area contributed by atoms with Gasteiger partial charge in [-0.3, -0.25) is 4.79 Å². The lowest BCUT2D eigenvalue weighted by molar-refractivity contribution is -0.115. The van der Waals surface area contributed by atoms with E-state index in [1.54, 1.807) is 36.4 Å². The Bertz CT molecular complexity index is 789. The predicted octanol–water partition coefficient (Wildman–Crippen LogP) is 2.71. The van der Waals surface area contributed by atoms with Crippen molar-refractivity contribution in [2.45, 2.75) is 12.7 Å². The second kappa shape index (κ2) is 7.59. The number of anilines is 1. The highest BCUT2D eigenvalue weighted by molar-refractivity contribution is 7.88. The van der Waals surface area contributed by atoms with Crippen LogP contribution in [0.1, 0.15) is 11.1 Å². The summed E-state index contributed by atoms with van der Waals surface area (Å²) in [4.78, 5) is 11.9. The molecule has 2 N–H and O–H groups in total. The zero-order valence-corrected chi connectivity index (χ0v) is 14.1. The van der Waals surface area contributed by atoms with E-state index in [9.17, 15) is 13.2 Å². The first kappa shape index (κ1) is 17.5. The molecule has 2 rings (SSSR count). The Morgan fingerprint density at radius 1 is 1.09 bits per heavy atom. The molecule has 122 valence electrons. The molecule has 0 bridgehead atoms. The molecule has 2 aromatic carbocycles. The fourth-order valence-electron chi connectivity index (χ4n) is 1.93. The van der Waals surface area contributed by atoms with E-state index in [-0.39, 0.29) is 12.3 Å². The van der Waals surface area contributed by atoms with Gasteiger partial charge in [0.05, 0.1) is 12.3 Å². The van der Waals surface area contributed by atoms with Gasteiger partial charge in [-0.05, 0) is 36.2 Å². The average Bonchev–Trinajstić information content (AvgIpc) is 2.50. The normalized spacial score (nSPS) is 11.2. The second-order valence-electron chi connectivity index (χ2n) is 5.07. The summed E-state index contributed by atoms with van der Waals surface area (Å²) in [5.41, 5.74) is 2.17. The third kappa shape index (κ3) is 5.67. The number of nitrogens with one attached hydrogen (secondary N) is 2. The molecule has 0 aromatic heterocycles. The minimum absolute atomic E-state index is 0.207. The first-order valence-electron chi connectivity index (χ1n) is 6.93. The molecule has 0 fully saturated rings. The Morgan fingerprint density at radius 2 is 1.74 bits per heavy atom. The molecule has 0 atom stereocenters. The summed E-state index contributed by atoms with van der Waals surface area (Å²) in [6, 6.07) is 13.8. The fourth-order valence-corrected chi connectivity index (χ4v) is 3.14. The molecule has 0 aliphatic rings. The number of carbonyl (C=O) groups is 1. The Balaban J connectivity index is 1.90. The highest BCUT2D eigenvalue weighted by Gasteiger charge is 2.14. The van der Waals surface area contributed by atoms with Gasteiger partial charge in [0, 0.05) is 10.7 Å². The minimum atomic E-state index is -3.60. The van der Waals surface area contributed by atoms with Crippen LogP contribution in [0.4, 0.5) is 5.69 Å². The molecule has 23 heavy (non-hydrogen) atoms. The average molecular weight is 353 g/mol. The number of amides is 1. The van der Waals surface area contributed by atoms with Crippen LogP contribution >= 0.6 is 11.6 Å². The summed E-state index contributed by atoms with van der Waals surface area (Å²) >= 11 is 5.76. The largest absolute Gasteiger partial charge is 0.325 e. The van der Waals surface area contributed by atoms with Crippen molar-refractivity contribution in [1.82, 2.24) is 4.72 Å². The SMILES string of the molecule is Cc1ccccc1NC(=O)CNS(=O)(=O)Cc1ccc(Cl)cc1. The third-order valence-corrected chi connectivity index (χ3v) is 4.69. The van der Waals surface area contributed by atoms with Gasteiger partial charge in [-0.1, -0.05) is 41.9 Å². The van der Waals surface area contributed by atoms with Crippen molar-refractivity contribution in [3.05, 3.63) is 64.7 Å². The molecule has 0 saturated carbocycles. The summed E-state index contributed by atoms with van der Waals surface area (Å²) in [5, 5.41) is 3.21. The lowest BCUT2D eigenvalue weighted by Crippen LogP contribution is -2.33. The van der Waals surface area contributed by atoms with Crippen LogP contribution < -0.4 is 10.0 Å². The van der Waals surface area contributed by atoms with E-state index in [2.05, 4.69) is 10.0 Å². The van der Waals surface area contributed by atoms with Crippen LogP contribution in [0.25, 0.3) is 0 Å². The lowest BCUT2D eigenvalue weighted by atomic mass is 10.2. The Hall–Kier alpha value is -1.89. The quantitative estimate of drug-likeness (QED) is 0.839. The smallest absolute Gasteiger partial charge is 0.239 e. The maximum atomic E-state index is 12.0. The lowest BCUT2D eigenvalue weighted by Gasteiger charge is -2.09. The number of halogens is 1. The molecule has 7 heteroatoms. The molecule has 2 aromatic rings. The molecule has 0 aliphatic carbocycles. The number of carbonyl (C=O) groups excluding carboxylic acids is 1. The van der Waals surface area contributed by atoms with Gasteiger partial charge in [0.2, 0.25) is 15.9 Å². The summed E-state index contributed by atoms with van der Waals surface area (Å²) in [6.45, 7) is 1.55. The molecule has 0 saturated heterocycles. The summed E-state index contributed by atoms with van der Waals surface area (Å²) in [5.74, 6) is -0.624. The number of sulfonamides is 1. The number of hydrogen-bond acceptors (Lipinski definition) is 3. The Morgan fingerprint density at radius 3 is 2.39 bits per heavy atom. The maximum absolute atomic E-state index is 12.0. The van der Waals surface area contributed by atoms with Crippen molar-refractivity contribution in [3.8, 4) is 0 Å². The molecule has 1 amide bonds. The highest BCUT2D eigenvalue weighted by atomic mass is 35.5. The van der Waals surface area contributed by atoms with Crippen LogP contribution in [0.5, 0.6) is 0 Å². The summed E-state index contributed by atoms with van der Waals surface area (Å²) < 4.78 is 26.3. The highest BCUT2D eigenvalue weighted by Crippen LogP contribution is 2.13. The molecule has 0 aliphatic heterocycles. The van der Waals surface area contributed by atoms with Crippen molar-refractivity contribution >= 4 is 33.2 Å². The number of para-hydroxylation sites is 1. The van der Waals surface area contributed by atoms with E-state index in [0.717, 1.165) is 5.56 Å². The van der Waals surface area contributed by atoms with Crippen molar-refractivity contribution in [3.63, 3.8) is 0 Å². The zero-order valence-electron chi connectivity index (χ0n) is 12.5. The first-order chi connectivity index (χ1) is 10.9. The molecule has 0 heterocycles. The minimum Gasteiger partial charge on any atom is -0.325 e. The van der Waals surface area contributed by atoms with Crippen molar-refractivity contribution in [2.24, 2.45) is 0 Å². The van der Waals surface area contributed by atoms with Crippen LogP contribution in [0.3, 0.4) is 0 Å². The van der Waals surface area contributed by atoms with Gasteiger partial charge in [0.15, 0.2) is 0 Å². The van der Waals surface area contributed by atoms with E-state index in [1.807, 2.05) is 19.1 Å². The van der Waals surface area contributed by atoms with Crippen molar-refractivity contribution in [2.75, 3.05) is 11.9 Å². The molecule has 0 spiro atoms. The topological polar surface area (TPSA) is 75.3 Å². The maximum Gasteiger partial charge on any atom is 0.239 e. The van der Waals surface area contributed by atoms with Gasteiger partial charge in [-0.2, -0.15) is 0 Å². The predicted molar refractivity (Wildman–Crippen MR) is 91.9 cm³/mol. The van der Waals surface area contributed by atoms with Gasteiger partial charge in [-0.15, -0.1) is 0 Å². The van der Waals surface area contributed by atoms with E-state index in [1.165, 1.54) is 0 Å². The molecule has 0 radical (unpaired) electrons. The van der Waals surface area contributed by atoms with Crippen molar-refractivity contribution in [1.29, 1.82) is 0 Å².